The van der Waals surface area contributed by atoms with E-state index >= 15 is 0 Å². The number of anilines is 1. The summed E-state index contributed by atoms with van der Waals surface area (Å²) in [7, 11) is 0. The first kappa shape index (κ1) is 15.7. The molecule has 1 aliphatic rings. The molecule has 1 aliphatic heterocycles. The number of nitrogens with one attached hydrogen (secondary N) is 1. The molecule has 2 aromatic heterocycles. The fraction of sp³-hybridized carbons (Fsp3) is 0.438. The molecule has 6 nitrogen and oxygen atoms in total. The SMILES string of the molecule is CCNC(=NCc1ccsc1)N1CCN(c2ncccn2)CC1. The van der Waals surface area contributed by atoms with Crippen molar-refractivity contribution in [1.82, 2.24) is 20.2 Å². The molecule has 1 saturated heterocycles. The molecule has 0 amide bonds. The normalized spacial score (nSPS) is 15.8. The molecule has 3 heterocycles. The van der Waals surface area contributed by atoms with Crippen LogP contribution in [0.2, 0.25) is 0 Å². The lowest BCUT2D eigenvalue weighted by Crippen LogP contribution is -2.52. The Bertz CT molecular complexity index is 605. The first-order valence-corrected chi connectivity index (χ1v) is 8.87. The summed E-state index contributed by atoms with van der Waals surface area (Å²) >= 11 is 1.71. The maximum absolute atomic E-state index is 4.77. The van der Waals surface area contributed by atoms with E-state index in [1.54, 1.807) is 23.7 Å². The van der Waals surface area contributed by atoms with E-state index in [9.17, 15) is 0 Å². The van der Waals surface area contributed by atoms with Crippen molar-refractivity contribution in [3.05, 3.63) is 40.8 Å². The molecule has 7 heteroatoms. The fourth-order valence-electron chi connectivity index (χ4n) is 2.55. The Kier molecular flexibility index (Phi) is 5.42. The van der Waals surface area contributed by atoms with Crippen molar-refractivity contribution < 1.29 is 0 Å². The summed E-state index contributed by atoms with van der Waals surface area (Å²) in [4.78, 5) is 18.0. The van der Waals surface area contributed by atoms with E-state index in [-0.39, 0.29) is 0 Å². The largest absolute Gasteiger partial charge is 0.357 e. The lowest BCUT2D eigenvalue weighted by molar-refractivity contribution is 0.370. The molecule has 2 aromatic rings. The highest BCUT2D eigenvalue weighted by atomic mass is 32.1. The lowest BCUT2D eigenvalue weighted by atomic mass is 10.3. The van der Waals surface area contributed by atoms with Gasteiger partial charge in [0.25, 0.3) is 0 Å². The standard InChI is InChI=1S/C16H22N6S/c1-2-17-15(20-12-14-4-11-23-13-14)21-7-9-22(10-8-21)16-18-5-3-6-19-16/h3-6,11,13H,2,7-10,12H2,1H3,(H,17,20). The number of aromatic nitrogens is 2. The zero-order chi connectivity index (χ0) is 15.9. The van der Waals surface area contributed by atoms with E-state index in [2.05, 4.69) is 48.8 Å². The second-order valence-electron chi connectivity index (χ2n) is 5.32. The average molecular weight is 330 g/mol. The topological polar surface area (TPSA) is 56.7 Å². The van der Waals surface area contributed by atoms with E-state index in [1.165, 1.54) is 5.56 Å². The van der Waals surface area contributed by atoms with Gasteiger partial charge < -0.3 is 15.1 Å². The zero-order valence-corrected chi connectivity index (χ0v) is 14.2. The minimum atomic E-state index is 0.730. The van der Waals surface area contributed by atoms with Crippen LogP contribution in [0.1, 0.15) is 12.5 Å². The van der Waals surface area contributed by atoms with Gasteiger partial charge >= 0.3 is 0 Å². The van der Waals surface area contributed by atoms with Gasteiger partial charge in [0.2, 0.25) is 5.95 Å². The van der Waals surface area contributed by atoms with Crippen LogP contribution in [0.3, 0.4) is 0 Å². The van der Waals surface area contributed by atoms with Crippen molar-refractivity contribution in [2.45, 2.75) is 13.5 Å². The Morgan fingerprint density at radius 2 is 2.04 bits per heavy atom. The third-order valence-electron chi connectivity index (χ3n) is 3.74. The molecule has 0 saturated carbocycles. The number of nitrogens with zero attached hydrogens (tertiary/aromatic N) is 5. The third-order valence-corrected chi connectivity index (χ3v) is 4.47. The van der Waals surface area contributed by atoms with Gasteiger partial charge in [-0.15, -0.1) is 0 Å². The number of aliphatic imine (C=N–C) groups is 1. The van der Waals surface area contributed by atoms with Crippen LogP contribution < -0.4 is 10.2 Å². The third kappa shape index (κ3) is 4.19. The smallest absolute Gasteiger partial charge is 0.225 e. The Morgan fingerprint density at radius 3 is 2.70 bits per heavy atom. The molecule has 1 N–H and O–H groups in total. The molecular weight excluding hydrogens is 308 g/mol. The summed E-state index contributed by atoms with van der Waals surface area (Å²) < 4.78 is 0. The molecule has 23 heavy (non-hydrogen) atoms. The predicted octanol–water partition coefficient (Wildman–Crippen LogP) is 1.83. The molecule has 3 rings (SSSR count). The second kappa shape index (κ2) is 7.92. The van der Waals surface area contributed by atoms with Gasteiger partial charge in [-0.25, -0.2) is 15.0 Å². The van der Waals surface area contributed by atoms with E-state index in [4.69, 9.17) is 4.99 Å². The van der Waals surface area contributed by atoms with Crippen LogP contribution in [0.5, 0.6) is 0 Å². The fourth-order valence-corrected chi connectivity index (χ4v) is 3.21. The van der Waals surface area contributed by atoms with Gasteiger partial charge in [0.05, 0.1) is 6.54 Å². The lowest BCUT2D eigenvalue weighted by Gasteiger charge is -2.36. The van der Waals surface area contributed by atoms with Gasteiger partial charge in [0.15, 0.2) is 5.96 Å². The van der Waals surface area contributed by atoms with Crippen LogP contribution in [0, 0.1) is 0 Å². The number of guanidine groups is 1. The summed E-state index contributed by atoms with van der Waals surface area (Å²) in [5.74, 6) is 1.81. The maximum Gasteiger partial charge on any atom is 0.225 e. The summed E-state index contributed by atoms with van der Waals surface area (Å²) in [6.07, 6.45) is 3.59. The zero-order valence-electron chi connectivity index (χ0n) is 13.4. The van der Waals surface area contributed by atoms with E-state index in [1.807, 2.05) is 6.07 Å². The highest BCUT2D eigenvalue weighted by molar-refractivity contribution is 7.07. The van der Waals surface area contributed by atoms with Crippen molar-refractivity contribution in [2.75, 3.05) is 37.6 Å². The van der Waals surface area contributed by atoms with Gasteiger partial charge in [-0.05, 0) is 35.4 Å². The molecule has 0 radical (unpaired) electrons. The molecule has 0 aliphatic carbocycles. The molecule has 0 spiro atoms. The molecule has 0 bridgehead atoms. The summed E-state index contributed by atoms with van der Waals surface area (Å²) in [6, 6.07) is 3.97. The number of hydrogen-bond donors (Lipinski definition) is 1. The first-order valence-electron chi connectivity index (χ1n) is 7.93. The van der Waals surface area contributed by atoms with E-state index < -0.39 is 0 Å². The Hall–Kier alpha value is -2.15. The Morgan fingerprint density at radius 1 is 1.26 bits per heavy atom. The van der Waals surface area contributed by atoms with Crippen LogP contribution in [-0.2, 0) is 6.54 Å². The highest BCUT2D eigenvalue weighted by Gasteiger charge is 2.20. The summed E-state index contributed by atoms with van der Waals surface area (Å²) in [5, 5.41) is 7.64. The van der Waals surface area contributed by atoms with E-state index in [0.717, 1.165) is 51.2 Å². The molecule has 122 valence electrons. The van der Waals surface area contributed by atoms with Gasteiger partial charge in [-0.2, -0.15) is 11.3 Å². The van der Waals surface area contributed by atoms with Crippen molar-refractivity contribution in [3.8, 4) is 0 Å². The highest BCUT2D eigenvalue weighted by Crippen LogP contribution is 2.11. The van der Waals surface area contributed by atoms with Crippen LogP contribution >= 0.6 is 11.3 Å². The van der Waals surface area contributed by atoms with Crippen LogP contribution in [0.4, 0.5) is 5.95 Å². The minimum Gasteiger partial charge on any atom is -0.357 e. The van der Waals surface area contributed by atoms with Crippen molar-refractivity contribution in [1.29, 1.82) is 0 Å². The van der Waals surface area contributed by atoms with E-state index in [0.29, 0.717) is 0 Å². The van der Waals surface area contributed by atoms with Crippen molar-refractivity contribution in [2.24, 2.45) is 4.99 Å². The Balaban J connectivity index is 1.60. The second-order valence-corrected chi connectivity index (χ2v) is 6.10. The molecule has 1 fully saturated rings. The molecule has 0 aromatic carbocycles. The predicted molar refractivity (Wildman–Crippen MR) is 95.0 cm³/mol. The average Bonchev–Trinajstić information content (AvgIpc) is 3.13. The van der Waals surface area contributed by atoms with Crippen LogP contribution in [0.15, 0.2) is 40.3 Å². The summed E-state index contributed by atoms with van der Waals surface area (Å²) in [5.41, 5.74) is 1.27. The molecule has 0 atom stereocenters. The van der Waals surface area contributed by atoms with Crippen molar-refractivity contribution >= 4 is 23.2 Å². The first-order chi connectivity index (χ1) is 11.4. The monoisotopic (exact) mass is 330 g/mol. The van der Waals surface area contributed by atoms with Gasteiger partial charge in [-0.3, -0.25) is 0 Å². The molecule has 0 unspecified atom stereocenters. The number of piperazine rings is 1. The minimum absolute atomic E-state index is 0.730. The van der Waals surface area contributed by atoms with Crippen molar-refractivity contribution in [3.63, 3.8) is 0 Å². The van der Waals surface area contributed by atoms with Gasteiger partial charge in [-0.1, -0.05) is 0 Å². The maximum atomic E-state index is 4.77. The molecular formula is C16H22N6S. The Labute approximate surface area is 140 Å². The van der Waals surface area contributed by atoms with Gasteiger partial charge in [0.1, 0.15) is 0 Å². The quantitative estimate of drug-likeness (QED) is 0.685. The number of thiophene rings is 1. The van der Waals surface area contributed by atoms with Crippen LogP contribution in [0.25, 0.3) is 0 Å². The van der Waals surface area contributed by atoms with Gasteiger partial charge in [0, 0.05) is 45.1 Å². The number of hydrogen-bond acceptors (Lipinski definition) is 5. The summed E-state index contributed by atoms with van der Waals surface area (Å²) in [6.45, 7) is 7.38. The number of rotatable bonds is 4. The van der Waals surface area contributed by atoms with Crippen LogP contribution in [-0.4, -0.2) is 53.6 Å².